The Morgan fingerprint density at radius 3 is 2.48 bits per heavy atom. The molecule has 0 radical (unpaired) electrons. The fraction of sp³-hybridized carbons (Fsp3) is 0.536. The zero-order valence-corrected chi connectivity index (χ0v) is 46.4. The number of nitrogens with one attached hydrogen (secondary N) is 3. The molecule has 422 valence electrons. The van der Waals surface area contributed by atoms with Gasteiger partial charge in [0.05, 0.1) is 58.0 Å². The Balaban J connectivity index is 0.815. The van der Waals surface area contributed by atoms with Crippen LogP contribution in [0.3, 0.4) is 0 Å². The predicted octanol–water partition coefficient (Wildman–Crippen LogP) is 8.84. The van der Waals surface area contributed by atoms with Gasteiger partial charge in [-0.1, -0.05) is 38.1 Å². The molecule has 0 bridgehead atoms. The van der Waals surface area contributed by atoms with Crippen LogP contribution in [0.1, 0.15) is 118 Å². The summed E-state index contributed by atoms with van der Waals surface area (Å²) in [5.74, 6) is -0.353. The first kappa shape index (κ1) is 53.8. The third kappa shape index (κ3) is 10.6. The molecule has 21 nitrogen and oxygen atoms in total. The van der Waals surface area contributed by atoms with Crippen LogP contribution in [0.4, 0.5) is 28.4 Å². The minimum absolute atomic E-state index is 0.00323. The Kier molecular flexibility index (Phi) is 14.2. The van der Waals surface area contributed by atoms with Crippen molar-refractivity contribution in [2.75, 3.05) is 67.8 Å². The molecule has 1 amide bonds. The second-order valence-corrected chi connectivity index (χ2v) is 26.2. The molecule has 5 aromatic rings. The first-order valence-electron chi connectivity index (χ1n) is 27.7. The molecule has 79 heavy (non-hydrogen) atoms. The number of aromatic amines is 1. The Bertz CT molecular complexity index is 3310. The molecule has 1 spiro atoms. The van der Waals surface area contributed by atoms with Gasteiger partial charge in [0.15, 0.2) is 11.4 Å². The van der Waals surface area contributed by atoms with E-state index in [0.717, 1.165) is 75.5 Å². The number of H-pyrrole nitrogens is 1. The zero-order valence-electron chi connectivity index (χ0n) is 44.7. The molecule has 7 heterocycles. The van der Waals surface area contributed by atoms with Crippen molar-refractivity contribution in [2.24, 2.45) is 11.3 Å². The van der Waals surface area contributed by atoms with E-state index in [1.807, 2.05) is 29.2 Å². The van der Waals surface area contributed by atoms with Gasteiger partial charge in [-0.05, 0) is 130 Å². The van der Waals surface area contributed by atoms with E-state index >= 15 is 0 Å². The first-order valence-corrected chi connectivity index (χ1v) is 30.7. The lowest BCUT2D eigenvalue weighted by Gasteiger charge is -2.56. The van der Waals surface area contributed by atoms with Gasteiger partial charge in [0.2, 0.25) is 5.88 Å². The SMILES string of the molecule is CC(C)c1ccccc1[C@@H]1COCCCN1C1CC2(CCN(c3ccc(C(=O)NS(=O)(=O)c4cc5c(c([N+](=O)[O-])c4)N[C@H](C4CCC(C)(OP(=O)(O)O)CC4)CO5)c(N4c5cc6cc[nH]c6nc5O[C@H]5COCC[C@@H]54)c3)CC2)C1. The number of sulfonamides is 1. The Labute approximate surface area is 459 Å². The van der Waals surface area contributed by atoms with Crippen LogP contribution in [-0.4, -0.2) is 126 Å². The molecule has 3 aromatic carbocycles. The summed E-state index contributed by atoms with van der Waals surface area (Å²) in [6.07, 6.45) is 8.76. The summed E-state index contributed by atoms with van der Waals surface area (Å²) in [7, 11) is -9.51. The highest BCUT2D eigenvalue weighted by atomic mass is 32.2. The number of nitro benzene ring substituents is 1. The third-order valence-electron chi connectivity index (χ3n) is 18.0. The van der Waals surface area contributed by atoms with E-state index < -0.39 is 57.0 Å². The van der Waals surface area contributed by atoms with Crippen molar-refractivity contribution in [1.29, 1.82) is 0 Å². The number of nitrogens with zero attached hydrogens (tertiary/aromatic N) is 5. The van der Waals surface area contributed by atoms with Gasteiger partial charge in [-0.2, -0.15) is 4.98 Å². The Hall–Kier alpha value is -5.84. The van der Waals surface area contributed by atoms with E-state index in [9.17, 15) is 37.7 Å². The number of hydrogen-bond acceptors (Lipinski definition) is 16. The highest BCUT2D eigenvalue weighted by Crippen LogP contribution is 2.54. The molecule has 0 unspecified atom stereocenters. The van der Waals surface area contributed by atoms with Gasteiger partial charge < -0.3 is 48.8 Å². The van der Waals surface area contributed by atoms with Crippen LogP contribution in [0.5, 0.6) is 11.6 Å². The molecule has 12 rings (SSSR count). The number of aromatic nitrogens is 2. The number of phosphoric acid groups is 1. The molecule has 2 saturated carbocycles. The van der Waals surface area contributed by atoms with E-state index in [0.29, 0.717) is 80.2 Å². The number of fused-ring (bicyclic) bond motifs is 4. The molecule has 7 aliphatic rings. The zero-order chi connectivity index (χ0) is 55.0. The highest BCUT2D eigenvalue weighted by molar-refractivity contribution is 7.90. The molecule has 3 saturated heterocycles. The quantitative estimate of drug-likeness (QED) is 0.0444. The summed E-state index contributed by atoms with van der Waals surface area (Å²) in [4.78, 5) is 60.4. The summed E-state index contributed by atoms with van der Waals surface area (Å²) in [5, 5.41) is 16.7. The molecule has 2 aromatic heterocycles. The first-order chi connectivity index (χ1) is 37.8. The van der Waals surface area contributed by atoms with E-state index in [4.69, 9.17) is 28.5 Å². The summed E-state index contributed by atoms with van der Waals surface area (Å²) >= 11 is 0. The van der Waals surface area contributed by atoms with E-state index in [2.05, 4.69) is 62.9 Å². The molecule has 2 aliphatic carbocycles. The molecule has 5 fully saturated rings. The number of benzene rings is 3. The number of hydrogen-bond donors (Lipinski definition) is 5. The average Bonchev–Trinajstić information content (AvgIpc) is 3.95. The second kappa shape index (κ2) is 20.9. The van der Waals surface area contributed by atoms with E-state index in [1.165, 1.54) is 17.2 Å². The van der Waals surface area contributed by atoms with Crippen LogP contribution in [0.15, 0.2) is 77.8 Å². The van der Waals surface area contributed by atoms with Crippen LogP contribution in [0, 0.1) is 21.4 Å². The van der Waals surface area contributed by atoms with Crippen molar-refractivity contribution >= 4 is 63.2 Å². The maximum absolute atomic E-state index is 14.9. The van der Waals surface area contributed by atoms with Gasteiger partial charge in [-0.25, -0.2) is 17.7 Å². The fourth-order valence-corrected chi connectivity index (χ4v) is 15.5. The number of phosphoric ester groups is 1. The number of nitro groups is 1. The second-order valence-electron chi connectivity index (χ2n) is 23.3. The lowest BCUT2D eigenvalue weighted by atomic mass is 9.59. The number of amides is 1. The lowest BCUT2D eigenvalue weighted by molar-refractivity contribution is -0.384. The third-order valence-corrected chi connectivity index (χ3v) is 20.0. The number of carbonyl (C=O) groups excluding carboxylic acids is 1. The molecular weight excluding hydrogens is 1060 g/mol. The molecule has 23 heteroatoms. The number of carbonyl (C=O) groups is 1. The fourth-order valence-electron chi connectivity index (χ4n) is 13.8. The molecule has 5 aliphatic heterocycles. The van der Waals surface area contributed by atoms with Gasteiger partial charge in [0, 0.05) is 68.3 Å². The summed E-state index contributed by atoms with van der Waals surface area (Å²) in [6.45, 7) is 11.0. The molecule has 5 N–H and O–H groups in total. The number of ether oxygens (including phenoxy) is 4. The number of pyridine rings is 1. The minimum atomic E-state index is -4.78. The number of piperidine rings is 1. The van der Waals surface area contributed by atoms with Crippen LogP contribution in [0.2, 0.25) is 0 Å². The smallest absolute Gasteiger partial charge is 0.470 e. The van der Waals surface area contributed by atoms with Crippen molar-refractivity contribution < 1.29 is 56.0 Å². The van der Waals surface area contributed by atoms with Crippen LogP contribution >= 0.6 is 7.82 Å². The van der Waals surface area contributed by atoms with Crippen molar-refractivity contribution in [1.82, 2.24) is 19.6 Å². The van der Waals surface area contributed by atoms with E-state index in [-0.39, 0.29) is 53.6 Å². The number of rotatable bonds is 12. The van der Waals surface area contributed by atoms with Gasteiger partial charge in [-0.3, -0.25) is 24.3 Å². The van der Waals surface area contributed by atoms with Crippen LogP contribution in [-0.2, 0) is 28.6 Å². The standard InChI is InChI=1S/C56H69N8O13PS/c1-34(2)40-7-4-5-8-41(40)48-32-73-23-6-20-62(48)38-29-56(30-38)17-21-61(22-18-56)37-9-10-42(45(26-37)63-44-14-24-74-33-50(44)76-54-47(63)25-36-13-19-57-52(36)59-54)53(65)60-79(71,72)39-27-46(64(66)67)51-49(28-39)75-31-43(58-51)35-11-15-55(3,16-12-35)77-78(68,69)70/h4-5,7-10,13,19,25-28,34-35,38,43-44,48,50,58H,6,11-12,14-18,20-24,29-33H2,1-3H3,(H,57,59)(H,60,65)(H2,68,69,70)/t35?,43-,44-,48-,50-,55?/m0/s1. The summed E-state index contributed by atoms with van der Waals surface area (Å²) in [5.41, 5.74) is 3.99. The van der Waals surface area contributed by atoms with Gasteiger partial charge >= 0.3 is 7.82 Å². The van der Waals surface area contributed by atoms with Crippen molar-refractivity contribution in [3.63, 3.8) is 0 Å². The maximum atomic E-state index is 14.9. The number of anilines is 4. The Morgan fingerprint density at radius 1 is 0.949 bits per heavy atom. The summed E-state index contributed by atoms with van der Waals surface area (Å²) in [6, 6.07) is 20.2. The van der Waals surface area contributed by atoms with Gasteiger partial charge in [-0.15, -0.1) is 0 Å². The molecular formula is C56H69N8O13PS. The average molecular weight is 1130 g/mol. The monoisotopic (exact) mass is 1120 g/mol. The maximum Gasteiger partial charge on any atom is 0.470 e. The largest absolute Gasteiger partial charge is 0.489 e. The minimum Gasteiger partial charge on any atom is -0.489 e. The highest BCUT2D eigenvalue weighted by Gasteiger charge is 2.50. The van der Waals surface area contributed by atoms with Crippen molar-refractivity contribution in [3.05, 3.63) is 99.7 Å². The van der Waals surface area contributed by atoms with Gasteiger partial charge in [0.1, 0.15) is 24.0 Å². The molecule has 4 atom stereocenters. The van der Waals surface area contributed by atoms with Gasteiger partial charge in [0.25, 0.3) is 21.6 Å². The van der Waals surface area contributed by atoms with E-state index in [1.54, 1.807) is 19.2 Å². The normalized spacial score (nSPS) is 26.4. The van der Waals surface area contributed by atoms with Crippen molar-refractivity contribution in [3.8, 4) is 11.6 Å². The van der Waals surface area contributed by atoms with Crippen LogP contribution in [0.25, 0.3) is 11.0 Å². The van der Waals surface area contributed by atoms with Crippen molar-refractivity contribution in [2.45, 2.75) is 132 Å². The lowest BCUT2D eigenvalue weighted by Crippen LogP contribution is -2.56. The predicted molar refractivity (Wildman–Crippen MR) is 295 cm³/mol. The Morgan fingerprint density at radius 2 is 1.72 bits per heavy atom. The summed E-state index contributed by atoms with van der Waals surface area (Å²) < 4.78 is 72.7. The topological polar surface area (TPSA) is 260 Å². The van der Waals surface area contributed by atoms with Crippen LogP contribution < -0.4 is 29.3 Å².